The number of nitrogens with zero attached hydrogens (tertiary/aromatic N) is 1. The minimum Gasteiger partial charge on any atom is -0.302 e. The third kappa shape index (κ3) is 1.84. The van der Waals surface area contributed by atoms with Gasteiger partial charge in [-0.15, -0.1) is 0 Å². The SMILES string of the molecule is O=c1[nH]c(C(F)(F)F)ncc1Br. The first kappa shape index (κ1) is 9.24. The Morgan fingerprint density at radius 2 is 2.08 bits per heavy atom. The maximum atomic E-state index is 11.9. The molecule has 1 aromatic heterocycles. The quantitative estimate of drug-likeness (QED) is 0.751. The van der Waals surface area contributed by atoms with Crippen molar-refractivity contribution in [3.8, 4) is 0 Å². The molecule has 1 rings (SSSR count). The third-order valence-electron chi connectivity index (χ3n) is 1.02. The molecule has 0 saturated carbocycles. The lowest BCUT2D eigenvalue weighted by molar-refractivity contribution is -0.145. The molecule has 0 aliphatic carbocycles. The van der Waals surface area contributed by atoms with Gasteiger partial charge in [0.2, 0.25) is 5.82 Å². The van der Waals surface area contributed by atoms with Gasteiger partial charge in [-0.05, 0) is 15.9 Å². The van der Waals surface area contributed by atoms with Crippen molar-refractivity contribution in [2.75, 3.05) is 0 Å². The van der Waals surface area contributed by atoms with Crippen LogP contribution >= 0.6 is 15.9 Å². The molecule has 0 spiro atoms. The van der Waals surface area contributed by atoms with Crippen LogP contribution in [0.2, 0.25) is 0 Å². The largest absolute Gasteiger partial charge is 0.449 e. The fourth-order valence-corrected chi connectivity index (χ4v) is 0.725. The smallest absolute Gasteiger partial charge is 0.302 e. The van der Waals surface area contributed by atoms with Crippen molar-refractivity contribution in [2.24, 2.45) is 0 Å². The van der Waals surface area contributed by atoms with Gasteiger partial charge in [0.25, 0.3) is 5.56 Å². The fourth-order valence-electron chi connectivity index (χ4n) is 0.523. The molecule has 12 heavy (non-hydrogen) atoms. The first-order valence-electron chi connectivity index (χ1n) is 2.73. The van der Waals surface area contributed by atoms with E-state index in [2.05, 4.69) is 20.9 Å². The standard InChI is InChI=1S/C5H2BrF3N2O/c6-2-1-10-4(5(7,8)9)11-3(2)12/h1H,(H,10,11,12). The summed E-state index contributed by atoms with van der Waals surface area (Å²) >= 11 is 2.72. The lowest BCUT2D eigenvalue weighted by atomic mass is 10.5. The summed E-state index contributed by atoms with van der Waals surface area (Å²) in [6, 6.07) is 0. The third-order valence-corrected chi connectivity index (χ3v) is 1.59. The molecule has 3 nitrogen and oxygen atoms in total. The summed E-state index contributed by atoms with van der Waals surface area (Å²) in [5.74, 6) is -1.30. The number of alkyl halides is 3. The van der Waals surface area contributed by atoms with Crippen LogP contribution in [0.3, 0.4) is 0 Å². The predicted octanol–water partition coefficient (Wildman–Crippen LogP) is 1.55. The Balaban J connectivity index is 3.23. The molecule has 0 fully saturated rings. The van der Waals surface area contributed by atoms with E-state index in [1.807, 2.05) is 0 Å². The maximum absolute atomic E-state index is 11.9. The average molecular weight is 243 g/mol. The molecular formula is C5H2BrF3N2O. The van der Waals surface area contributed by atoms with Crippen LogP contribution < -0.4 is 5.56 Å². The number of halogens is 4. The van der Waals surface area contributed by atoms with Crippen molar-refractivity contribution in [2.45, 2.75) is 6.18 Å². The van der Waals surface area contributed by atoms with Gasteiger partial charge in [-0.3, -0.25) is 4.79 Å². The van der Waals surface area contributed by atoms with Crippen LogP contribution in [0.25, 0.3) is 0 Å². The van der Waals surface area contributed by atoms with E-state index >= 15 is 0 Å². The maximum Gasteiger partial charge on any atom is 0.449 e. The van der Waals surface area contributed by atoms with Gasteiger partial charge in [0.15, 0.2) is 0 Å². The van der Waals surface area contributed by atoms with E-state index in [1.54, 1.807) is 4.98 Å². The van der Waals surface area contributed by atoms with Crippen molar-refractivity contribution in [3.05, 3.63) is 26.8 Å². The summed E-state index contributed by atoms with van der Waals surface area (Å²) in [5.41, 5.74) is -0.850. The lowest BCUT2D eigenvalue weighted by Gasteiger charge is -2.03. The van der Waals surface area contributed by atoms with Gasteiger partial charge in [-0.2, -0.15) is 13.2 Å². The highest BCUT2D eigenvalue weighted by Gasteiger charge is 2.33. The van der Waals surface area contributed by atoms with Crippen LogP contribution in [0, 0.1) is 0 Å². The molecule has 0 saturated heterocycles. The number of aromatic amines is 1. The highest BCUT2D eigenvalue weighted by atomic mass is 79.9. The highest BCUT2D eigenvalue weighted by molar-refractivity contribution is 9.10. The van der Waals surface area contributed by atoms with Crippen LogP contribution in [0.4, 0.5) is 13.2 Å². The van der Waals surface area contributed by atoms with Crippen LogP contribution in [-0.2, 0) is 6.18 Å². The van der Waals surface area contributed by atoms with Gasteiger partial charge in [0, 0.05) is 6.20 Å². The Morgan fingerprint density at radius 3 is 2.50 bits per heavy atom. The van der Waals surface area contributed by atoms with E-state index in [1.165, 1.54) is 0 Å². The van der Waals surface area contributed by atoms with Gasteiger partial charge in [0.05, 0.1) is 0 Å². The molecule has 7 heteroatoms. The molecule has 0 unspecified atom stereocenters. The van der Waals surface area contributed by atoms with E-state index in [0.29, 0.717) is 0 Å². The minimum atomic E-state index is -4.61. The molecule has 0 aliphatic rings. The van der Waals surface area contributed by atoms with E-state index < -0.39 is 17.6 Å². The molecule has 1 aromatic rings. The van der Waals surface area contributed by atoms with E-state index in [4.69, 9.17) is 0 Å². The number of aromatic nitrogens is 2. The van der Waals surface area contributed by atoms with Crippen molar-refractivity contribution in [3.63, 3.8) is 0 Å². The van der Waals surface area contributed by atoms with Crippen LogP contribution in [0.5, 0.6) is 0 Å². The first-order valence-corrected chi connectivity index (χ1v) is 3.52. The molecule has 0 aliphatic heterocycles. The zero-order chi connectivity index (χ0) is 9.35. The van der Waals surface area contributed by atoms with Gasteiger partial charge in [0.1, 0.15) is 4.47 Å². The summed E-state index contributed by atoms with van der Waals surface area (Å²) in [6.07, 6.45) is -3.80. The average Bonchev–Trinajstić information content (AvgIpc) is 1.92. The molecule has 0 radical (unpaired) electrons. The minimum absolute atomic E-state index is 0.0319. The lowest BCUT2D eigenvalue weighted by Crippen LogP contribution is -2.18. The zero-order valence-electron chi connectivity index (χ0n) is 5.44. The Kier molecular flexibility index (Phi) is 2.22. The molecule has 0 amide bonds. The number of hydrogen-bond acceptors (Lipinski definition) is 2. The van der Waals surface area contributed by atoms with Crippen molar-refractivity contribution < 1.29 is 13.2 Å². The molecule has 0 atom stereocenters. The van der Waals surface area contributed by atoms with Crippen molar-refractivity contribution in [1.82, 2.24) is 9.97 Å². The second-order valence-electron chi connectivity index (χ2n) is 1.91. The Morgan fingerprint density at radius 1 is 1.50 bits per heavy atom. The van der Waals surface area contributed by atoms with Crippen LogP contribution in [0.1, 0.15) is 5.82 Å². The van der Waals surface area contributed by atoms with Crippen molar-refractivity contribution >= 4 is 15.9 Å². The fraction of sp³-hybridized carbons (Fsp3) is 0.200. The van der Waals surface area contributed by atoms with E-state index in [9.17, 15) is 18.0 Å². The Hall–Kier alpha value is -0.850. The topological polar surface area (TPSA) is 45.8 Å². The summed E-state index contributed by atoms with van der Waals surface area (Å²) in [5, 5.41) is 0. The molecular weight excluding hydrogens is 241 g/mol. The molecule has 0 aromatic carbocycles. The van der Waals surface area contributed by atoms with Gasteiger partial charge < -0.3 is 4.98 Å². The van der Waals surface area contributed by atoms with E-state index in [0.717, 1.165) is 6.20 Å². The monoisotopic (exact) mass is 242 g/mol. The summed E-state index contributed by atoms with van der Waals surface area (Å²) in [4.78, 5) is 15.2. The first-order chi connectivity index (χ1) is 5.41. The van der Waals surface area contributed by atoms with Gasteiger partial charge >= 0.3 is 6.18 Å². The normalized spacial score (nSPS) is 11.7. The van der Waals surface area contributed by atoms with Gasteiger partial charge in [-0.1, -0.05) is 0 Å². The molecule has 66 valence electrons. The second-order valence-corrected chi connectivity index (χ2v) is 2.76. The van der Waals surface area contributed by atoms with Crippen molar-refractivity contribution in [1.29, 1.82) is 0 Å². The summed E-state index contributed by atoms with van der Waals surface area (Å²) < 4.78 is 35.5. The molecule has 1 N–H and O–H groups in total. The molecule has 0 bridgehead atoms. The zero-order valence-corrected chi connectivity index (χ0v) is 7.03. The number of H-pyrrole nitrogens is 1. The summed E-state index contributed by atoms with van der Waals surface area (Å²) in [7, 11) is 0. The molecule has 1 heterocycles. The number of rotatable bonds is 0. The highest BCUT2D eigenvalue weighted by Crippen LogP contribution is 2.24. The van der Waals surface area contributed by atoms with Gasteiger partial charge in [-0.25, -0.2) is 4.98 Å². The summed E-state index contributed by atoms with van der Waals surface area (Å²) in [6.45, 7) is 0. The Bertz CT molecular complexity index is 345. The van der Waals surface area contributed by atoms with Crippen LogP contribution in [0.15, 0.2) is 15.5 Å². The van der Waals surface area contributed by atoms with E-state index in [-0.39, 0.29) is 4.47 Å². The van der Waals surface area contributed by atoms with Crippen LogP contribution in [-0.4, -0.2) is 9.97 Å². The second kappa shape index (κ2) is 2.89. The Labute approximate surface area is 72.8 Å². The predicted molar refractivity (Wildman–Crippen MR) is 37.6 cm³/mol. The number of nitrogens with one attached hydrogen (secondary N) is 1. The number of hydrogen-bond donors (Lipinski definition) is 1.